The molecule has 0 aromatic carbocycles. The van der Waals surface area contributed by atoms with Gasteiger partial charge in [-0.1, -0.05) is 0 Å². The van der Waals surface area contributed by atoms with Crippen LogP contribution in [0, 0.1) is 0 Å². The van der Waals surface area contributed by atoms with Crippen molar-refractivity contribution in [2.24, 2.45) is 0 Å². The topological polar surface area (TPSA) is 71.7 Å². The van der Waals surface area contributed by atoms with Crippen molar-refractivity contribution in [2.45, 2.75) is 31.5 Å². The van der Waals surface area contributed by atoms with E-state index >= 15 is 0 Å². The Balaban J connectivity index is 1.68. The van der Waals surface area contributed by atoms with Gasteiger partial charge in [0.1, 0.15) is 11.9 Å². The number of ether oxygens (including phenoxy) is 1. The molecule has 1 amide bonds. The lowest BCUT2D eigenvalue weighted by atomic mass is 10.2. The van der Waals surface area contributed by atoms with Gasteiger partial charge in [-0.15, -0.1) is 0 Å². The molecule has 1 aliphatic rings. The third-order valence-electron chi connectivity index (χ3n) is 2.80. The summed E-state index contributed by atoms with van der Waals surface area (Å²) in [5.41, 5.74) is 0. The van der Waals surface area contributed by atoms with Gasteiger partial charge in [-0.2, -0.15) is 0 Å². The van der Waals surface area contributed by atoms with E-state index in [1.54, 1.807) is 12.1 Å². The lowest BCUT2D eigenvalue weighted by Crippen LogP contribution is -2.30. The summed E-state index contributed by atoms with van der Waals surface area (Å²) in [5, 5.41) is 12.3. The van der Waals surface area contributed by atoms with Crippen LogP contribution in [0.1, 0.15) is 31.1 Å². The first kappa shape index (κ1) is 12.1. The van der Waals surface area contributed by atoms with E-state index in [1.165, 1.54) is 6.26 Å². The molecular formula is C12H17NO4. The molecule has 1 aromatic heterocycles. The Labute approximate surface area is 99.8 Å². The van der Waals surface area contributed by atoms with Crippen molar-refractivity contribution in [3.05, 3.63) is 24.2 Å². The van der Waals surface area contributed by atoms with Crippen molar-refractivity contribution < 1.29 is 19.1 Å². The molecule has 2 atom stereocenters. The number of furan rings is 1. The van der Waals surface area contributed by atoms with Crippen molar-refractivity contribution in [2.75, 3.05) is 13.2 Å². The zero-order chi connectivity index (χ0) is 12.1. The van der Waals surface area contributed by atoms with E-state index in [1.807, 2.05) is 0 Å². The zero-order valence-corrected chi connectivity index (χ0v) is 9.59. The van der Waals surface area contributed by atoms with Gasteiger partial charge in [0.15, 0.2) is 0 Å². The summed E-state index contributed by atoms with van der Waals surface area (Å²) in [7, 11) is 0. The Bertz CT molecular complexity index is 343. The standard InChI is InChI=1S/C12H17NO4/c14-10(11-4-2-6-17-11)8-13-12(15)7-9-3-1-5-16-9/h2,4,6,9-10,14H,1,3,5,7-8H2,(H,13,15). The maximum Gasteiger partial charge on any atom is 0.222 e. The normalized spacial score (nSPS) is 21.4. The molecule has 1 saturated heterocycles. The van der Waals surface area contributed by atoms with Crippen LogP contribution in [-0.4, -0.2) is 30.3 Å². The predicted octanol–water partition coefficient (Wildman–Crippen LogP) is 0.998. The van der Waals surface area contributed by atoms with Gasteiger partial charge in [-0.3, -0.25) is 4.79 Å². The van der Waals surface area contributed by atoms with Crippen molar-refractivity contribution >= 4 is 5.91 Å². The minimum Gasteiger partial charge on any atom is -0.467 e. The summed E-state index contributed by atoms with van der Waals surface area (Å²) in [5.74, 6) is 0.366. The molecule has 0 bridgehead atoms. The highest BCUT2D eigenvalue weighted by Crippen LogP contribution is 2.15. The maximum atomic E-state index is 11.5. The summed E-state index contributed by atoms with van der Waals surface area (Å²) in [6.45, 7) is 0.909. The minimum atomic E-state index is -0.793. The largest absolute Gasteiger partial charge is 0.467 e. The molecule has 0 spiro atoms. The van der Waals surface area contributed by atoms with Gasteiger partial charge in [0.2, 0.25) is 5.91 Å². The average Bonchev–Trinajstić information content (AvgIpc) is 2.97. The number of rotatable bonds is 5. The Kier molecular flexibility index (Phi) is 4.17. The van der Waals surface area contributed by atoms with Gasteiger partial charge in [0, 0.05) is 6.61 Å². The van der Waals surface area contributed by atoms with Crippen molar-refractivity contribution in [1.82, 2.24) is 5.32 Å². The average molecular weight is 239 g/mol. The van der Waals surface area contributed by atoms with E-state index in [-0.39, 0.29) is 18.6 Å². The smallest absolute Gasteiger partial charge is 0.222 e. The Morgan fingerprint density at radius 2 is 2.53 bits per heavy atom. The summed E-state index contributed by atoms with van der Waals surface area (Å²) in [6, 6.07) is 3.38. The number of nitrogens with one attached hydrogen (secondary N) is 1. The van der Waals surface area contributed by atoms with E-state index in [9.17, 15) is 9.90 Å². The highest BCUT2D eigenvalue weighted by molar-refractivity contribution is 5.76. The van der Waals surface area contributed by atoms with Gasteiger partial charge < -0.3 is 19.6 Å². The lowest BCUT2D eigenvalue weighted by Gasteiger charge is -2.12. The fraction of sp³-hybridized carbons (Fsp3) is 0.583. The summed E-state index contributed by atoms with van der Waals surface area (Å²) < 4.78 is 10.4. The SMILES string of the molecule is O=C(CC1CCCO1)NCC(O)c1ccco1. The second kappa shape index (κ2) is 5.84. The van der Waals surface area contributed by atoms with E-state index in [0.29, 0.717) is 12.2 Å². The number of carbonyl (C=O) groups excluding carboxylic acids is 1. The highest BCUT2D eigenvalue weighted by Gasteiger charge is 2.19. The van der Waals surface area contributed by atoms with Gasteiger partial charge in [0.25, 0.3) is 0 Å². The molecule has 2 unspecified atom stereocenters. The van der Waals surface area contributed by atoms with Crippen molar-refractivity contribution in [3.63, 3.8) is 0 Å². The van der Waals surface area contributed by atoms with Gasteiger partial charge >= 0.3 is 0 Å². The molecule has 1 aliphatic heterocycles. The van der Waals surface area contributed by atoms with Crippen LogP contribution >= 0.6 is 0 Å². The van der Waals surface area contributed by atoms with E-state index in [0.717, 1.165) is 19.4 Å². The van der Waals surface area contributed by atoms with Crippen LogP contribution in [0.2, 0.25) is 0 Å². The summed E-state index contributed by atoms with van der Waals surface area (Å²) in [4.78, 5) is 11.5. The Morgan fingerprint density at radius 3 is 3.18 bits per heavy atom. The van der Waals surface area contributed by atoms with Crippen molar-refractivity contribution in [1.29, 1.82) is 0 Å². The molecule has 0 aliphatic carbocycles. The van der Waals surface area contributed by atoms with Crippen LogP contribution in [-0.2, 0) is 9.53 Å². The second-order valence-corrected chi connectivity index (χ2v) is 4.17. The minimum absolute atomic E-state index is 0.0377. The number of hydrogen-bond donors (Lipinski definition) is 2. The number of aliphatic hydroxyl groups excluding tert-OH is 1. The van der Waals surface area contributed by atoms with Gasteiger partial charge in [-0.05, 0) is 25.0 Å². The maximum absolute atomic E-state index is 11.5. The molecule has 2 heterocycles. The van der Waals surface area contributed by atoms with Crippen molar-refractivity contribution in [3.8, 4) is 0 Å². The zero-order valence-electron chi connectivity index (χ0n) is 9.59. The molecule has 5 nitrogen and oxygen atoms in total. The van der Waals surface area contributed by atoms with Crippen LogP contribution in [0.25, 0.3) is 0 Å². The highest BCUT2D eigenvalue weighted by atomic mass is 16.5. The first-order chi connectivity index (χ1) is 8.25. The van der Waals surface area contributed by atoms with Gasteiger partial charge in [-0.25, -0.2) is 0 Å². The summed E-state index contributed by atoms with van der Waals surface area (Å²) in [6.07, 6.45) is 3.06. The summed E-state index contributed by atoms with van der Waals surface area (Å²) >= 11 is 0. The third-order valence-corrected chi connectivity index (χ3v) is 2.80. The van der Waals surface area contributed by atoms with E-state index in [4.69, 9.17) is 9.15 Å². The molecule has 1 fully saturated rings. The molecule has 5 heteroatoms. The van der Waals surface area contributed by atoms with E-state index < -0.39 is 6.10 Å². The molecule has 0 radical (unpaired) electrons. The van der Waals surface area contributed by atoms with E-state index in [2.05, 4.69) is 5.32 Å². The van der Waals surface area contributed by atoms with Crippen LogP contribution in [0.5, 0.6) is 0 Å². The van der Waals surface area contributed by atoms with Gasteiger partial charge in [0.05, 0.1) is 25.3 Å². The number of amides is 1. The molecule has 2 N–H and O–H groups in total. The lowest BCUT2D eigenvalue weighted by molar-refractivity contribution is -0.123. The Morgan fingerprint density at radius 1 is 1.65 bits per heavy atom. The molecule has 17 heavy (non-hydrogen) atoms. The third kappa shape index (κ3) is 3.57. The van der Waals surface area contributed by atoms with Crippen LogP contribution < -0.4 is 5.32 Å². The molecule has 0 saturated carbocycles. The monoisotopic (exact) mass is 239 g/mol. The van der Waals surface area contributed by atoms with Crippen LogP contribution in [0.3, 0.4) is 0 Å². The molecular weight excluding hydrogens is 222 g/mol. The number of aliphatic hydroxyl groups is 1. The van der Waals surface area contributed by atoms with Crippen LogP contribution in [0.4, 0.5) is 0 Å². The molecule has 94 valence electrons. The fourth-order valence-electron chi connectivity index (χ4n) is 1.88. The first-order valence-corrected chi connectivity index (χ1v) is 5.85. The quantitative estimate of drug-likeness (QED) is 0.804. The molecule has 1 aromatic rings. The predicted molar refractivity (Wildman–Crippen MR) is 60.3 cm³/mol. The number of carbonyl (C=O) groups is 1. The first-order valence-electron chi connectivity index (χ1n) is 5.85. The fourth-order valence-corrected chi connectivity index (χ4v) is 1.88. The molecule has 2 rings (SSSR count). The number of hydrogen-bond acceptors (Lipinski definition) is 4. The second-order valence-electron chi connectivity index (χ2n) is 4.17. The van der Waals surface area contributed by atoms with Crippen LogP contribution in [0.15, 0.2) is 22.8 Å². The Hall–Kier alpha value is -1.33.